The number of amides is 1. The Balaban J connectivity index is 2.44. The summed E-state index contributed by atoms with van der Waals surface area (Å²) in [6.07, 6.45) is 1.53. The van der Waals surface area contributed by atoms with Gasteiger partial charge in [0.15, 0.2) is 0 Å². The number of sulfonamides is 1. The Hall–Kier alpha value is -2.81. The molecule has 0 radical (unpaired) electrons. The van der Waals surface area contributed by atoms with E-state index < -0.39 is 16.1 Å². The summed E-state index contributed by atoms with van der Waals surface area (Å²) in [4.78, 5) is 14.6. The predicted molar refractivity (Wildman–Crippen MR) is 87.7 cm³/mol. The number of rotatable bonds is 6. The molecule has 1 aromatic carbocycles. The van der Waals surface area contributed by atoms with Crippen LogP contribution in [0, 0.1) is 0 Å². The normalized spacial score (nSPS) is 10.9. The van der Waals surface area contributed by atoms with Crippen LogP contribution in [-0.2, 0) is 16.6 Å². The number of pyridine rings is 1. The van der Waals surface area contributed by atoms with E-state index in [1.54, 1.807) is 18.2 Å². The minimum atomic E-state index is -3.82. The highest BCUT2D eigenvalue weighted by Gasteiger charge is 2.23. The molecular formula is C15H17N3O5S. The lowest BCUT2D eigenvalue weighted by molar-refractivity contribution is 0.194. The maximum atomic E-state index is 12.7. The minimum Gasteiger partial charge on any atom is -0.497 e. The number of aromatic nitrogens is 1. The molecule has 0 unspecified atom stereocenters. The smallest absolute Gasteiger partial charge is 0.404 e. The molecule has 0 saturated heterocycles. The predicted octanol–water partition coefficient (Wildman–Crippen LogP) is 1.68. The van der Waals surface area contributed by atoms with Crippen molar-refractivity contribution in [2.24, 2.45) is 0 Å². The van der Waals surface area contributed by atoms with Gasteiger partial charge in [-0.25, -0.2) is 13.2 Å². The average Bonchev–Trinajstić information content (AvgIpc) is 2.59. The van der Waals surface area contributed by atoms with Crippen LogP contribution in [0.2, 0.25) is 0 Å². The molecule has 2 aromatic rings. The second-order valence-corrected chi connectivity index (χ2v) is 6.78. The summed E-state index contributed by atoms with van der Waals surface area (Å²) in [5, 5.41) is 11.0. The quantitative estimate of drug-likeness (QED) is 0.820. The fraction of sp³-hybridized carbons (Fsp3) is 0.200. The average molecular weight is 351 g/mol. The fourth-order valence-electron chi connectivity index (χ4n) is 2.10. The second kappa shape index (κ2) is 7.18. The van der Waals surface area contributed by atoms with Crippen molar-refractivity contribution in [2.45, 2.75) is 11.4 Å². The standard InChI is InChI=1S/C15H17N3O5S/c1-18(24(21,22)13-4-3-7-16-10-13)14-6-5-12(23-2)8-11(14)9-17-15(19)20/h3-8,10,17H,9H2,1-2H3,(H,19,20). The molecule has 0 aliphatic rings. The van der Waals surface area contributed by atoms with Gasteiger partial charge in [-0.3, -0.25) is 9.29 Å². The highest BCUT2D eigenvalue weighted by molar-refractivity contribution is 7.92. The van der Waals surface area contributed by atoms with Gasteiger partial charge >= 0.3 is 6.09 Å². The van der Waals surface area contributed by atoms with Crippen LogP contribution in [0.5, 0.6) is 5.75 Å². The van der Waals surface area contributed by atoms with E-state index in [1.807, 2.05) is 0 Å². The number of benzene rings is 1. The molecule has 2 rings (SSSR count). The molecule has 0 saturated carbocycles. The van der Waals surface area contributed by atoms with Crippen molar-refractivity contribution >= 4 is 21.8 Å². The van der Waals surface area contributed by atoms with Crippen LogP contribution in [0.3, 0.4) is 0 Å². The van der Waals surface area contributed by atoms with Gasteiger partial charge in [-0.05, 0) is 35.9 Å². The van der Waals surface area contributed by atoms with Crippen LogP contribution in [0.4, 0.5) is 10.5 Å². The number of methoxy groups -OCH3 is 1. The number of hydrogen-bond acceptors (Lipinski definition) is 5. The first-order chi connectivity index (χ1) is 11.4. The van der Waals surface area contributed by atoms with Gasteiger partial charge in [0.2, 0.25) is 0 Å². The molecule has 1 aromatic heterocycles. The van der Waals surface area contributed by atoms with Gasteiger partial charge in [-0.1, -0.05) is 0 Å². The number of carbonyl (C=O) groups is 1. The Morgan fingerprint density at radius 1 is 1.38 bits per heavy atom. The Morgan fingerprint density at radius 2 is 2.12 bits per heavy atom. The third-order valence-corrected chi connectivity index (χ3v) is 5.10. The van der Waals surface area contributed by atoms with Crippen molar-refractivity contribution in [2.75, 3.05) is 18.5 Å². The topological polar surface area (TPSA) is 109 Å². The van der Waals surface area contributed by atoms with E-state index in [-0.39, 0.29) is 11.4 Å². The van der Waals surface area contributed by atoms with Crippen molar-refractivity contribution in [1.82, 2.24) is 10.3 Å². The lowest BCUT2D eigenvalue weighted by atomic mass is 10.1. The summed E-state index contributed by atoms with van der Waals surface area (Å²) in [5.41, 5.74) is 0.806. The SMILES string of the molecule is COc1ccc(N(C)S(=O)(=O)c2cccnc2)c(CNC(=O)O)c1. The van der Waals surface area contributed by atoms with Gasteiger partial charge < -0.3 is 15.2 Å². The molecule has 0 atom stereocenters. The first kappa shape index (κ1) is 17.5. The van der Waals surface area contributed by atoms with E-state index in [2.05, 4.69) is 10.3 Å². The maximum absolute atomic E-state index is 12.7. The van der Waals surface area contributed by atoms with Gasteiger partial charge in [0.25, 0.3) is 10.0 Å². The molecule has 1 amide bonds. The summed E-state index contributed by atoms with van der Waals surface area (Å²) < 4.78 is 31.6. The van der Waals surface area contributed by atoms with Crippen LogP contribution in [0.1, 0.15) is 5.56 Å². The van der Waals surface area contributed by atoms with Crippen LogP contribution in [0.25, 0.3) is 0 Å². The van der Waals surface area contributed by atoms with E-state index >= 15 is 0 Å². The molecule has 9 heteroatoms. The first-order valence-electron chi connectivity index (χ1n) is 6.89. The molecule has 0 aliphatic heterocycles. The van der Waals surface area contributed by atoms with E-state index in [1.165, 1.54) is 38.7 Å². The first-order valence-corrected chi connectivity index (χ1v) is 8.33. The lowest BCUT2D eigenvalue weighted by Gasteiger charge is -2.22. The summed E-state index contributed by atoms with van der Waals surface area (Å²) >= 11 is 0. The van der Waals surface area contributed by atoms with Crippen LogP contribution in [-0.4, -0.2) is 38.8 Å². The van der Waals surface area contributed by atoms with Crippen LogP contribution >= 0.6 is 0 Å². The van der Waals surface area contributed by atoms with E-state index in [0.29, 0.717) is 17.0 Å². The molecule has 0 bridgehead atoms. The fourth-order valence-corrected chi connectivity index (χ4v) is 3.29. The summed E-state index contributed by atoms with van der Waals surface area (Å²) in [6.45, 7) is -0.0607. The molecule has 2 N–H and O–H groups in total. The second-order valence-electron chi connectivity index (χ2n) is 4.81. The van der Waals surface area contributed by atoms with E-state index in [0.717, 1.165) is 4.31 Å². The summed E-state index contributed by atoms with van der Waals surface area (Å²) in [5.74, 6) is 0.494. The van der Waals surface area contributed by atoms with Crippen molar-refractivity contribution in [1.29, 1.82) is 0 Å². The van der Waals surface area contributed by atoms with Crippen molar-refractivity contribution in [3.63, 3.8) is 0 Å². The zero-order chi connectivity index (χ0) is 17.7. The van der Waals surface area contributed by atoms with Gasteiger partial charge in [0.1, 0.15) is 10.6 Å². The van der Waals surface area contributed by atoms with Gasteiger partial charge in [-0.2, -0.15) is 0 Å². The number of hydrogen-bond donors (Lipinski definition) is 2. The van der Waals surface area contributed by atoms with E-state index in [4.69, 9.17) is 9.84 Å². The Labute approximate surface area is 139 Å². The van der Waals surface area contributed by atoms with Gasteiger partial charge in [-0.15, -0.1) is 0 Å². The van der Waals surface area contributed by atoms with Crippen molar-refractivity contribution in [3.05, 3.63) is 48.3 Å². The number of carboxylic acid groups (broad SMARTS) is 1. The minimum absolute atomic E-state index is 0.0421. The number of nitrogens with zero attached hydrogens (tertiary/aromatic N) is 2. The van der Waals surface area contributed by atoms with Gasteiger partial charge in [0.05, 0.1) is 12.8 Å². The van der Waals surface area contributed by atoms with Gasteiger partial charge in [0, 0.05) is 26.0 Å². The third kappa shape index (κ3) is 3.74. The monoisotopic (exact) mass is 351 g/mol. The molecule has 0 spiro atoms. The Morgan fingerprint density at radius 3 is 2.71 bits per heavy atom. The number of nitrogens with one attached hydrogen (secondary N) is 1. The molecule has 0 aliphatic carbocycles. The Kier molecular flexibility index (Phi) is 5.24. The number of anilines is 1. The molecule has 128 valence electrons. The summed E-state index contributed by atoms with van der Waals surface area (Å²) in [7, 11) is -0.949. The zero-order valence-electron chi connectivity index (χ0n) is 13.1. The zero-order valence-corrected chi connectivity index (χ0v) is 13.9. The van der Waals surface area contributed by atoms with Crippen LogP contribution < -0.4 is 14.4 Å². The molecule has 1 heterocycles. The Bertz CT molecular complexity index is 824. The lowest BCUT2D eigenvalue weighted by Crippen LogP contribution is -2.29. The summed E-state index contributed by atoms with van der Waals surface area (Å²) in [6, 6.07) is 7.72. The highest BCUT2D eigenvalue weighted by Crippen LogP contribution is 2.28. The van der Waals surface area contributed by atoms with Crippen LogP contribution in [0.15, 0.2) is 47.6 Å². The van der Waals surface area contributed by atoms with Crippen molar-refractivity contribution < 1.29 is 23.1 Å². The number of ether oxygens (including phenoxy) is 1. The third-order valence-electron chi connectivity index (χ3n) is 3.35. The molecular weight excluding hydrogens is 334 g/mol. The van der Waals surface area contributed by atoms with Crippen molar-refractivity contribution in [3.8, 4) is 5.75 Å². The molecule has 0 fully saturated rings. The maximum Gasteiger partial charge on any atom is 0.404 e. The largest absolute Gasteiger partial charge is 0.497 e. The molecule has 8 nitrogen and oxygen atoms in total. The molecule has 24 heavy (non-hydrogen) atoms. The van der Waals surface area contributed by atoms with E-state index in [9.17, 15) is 13.2 Å². The highest BCUT2D eigenvalue weighted by atomic mass is 32.2.